The molecule has 1 aromatic rings. The SMILES string of the molecule is Cc1csc(S[C@@H](C(=O)NC(N)=O)C(C)C)n1. The van der Waals surface area contributed by atoms with Gasteiger partial charge in [-0.3, -0.25) is 10.1 Å². The molecule has 1 heterocycles. The van der Waals surface area contributed by atoms with E-state index in [2.05, 4.69) is 10.3 Å². The lowest BCUT2D eigenvalue weighted by molar-refractivity contribution is -0.120. The van der Waals surface area contributed by atoms with Crippen LogP contribution in [0.25, 0.3) is 0 Å². The van der Waals surface area contributed by atoms with Crippen LogP contribution >= 0.6 is 23.1 Å². The number of thiazole rings is 1. The van der Waals surface area contributed by atoms with Gasteiger partial charge in [0, 0.05) is 11.1 Å². The average Bonchev–Trinajstić information content (AvgIpc) is 2.58. The molecule has 5 nitrogen and oxygen atoms in total. The fourth-order valence-electron chi connectivity index (χ4n) is 1.18. The first kappa shape index (κ1) is 14.0. The van der Waals surface area contributed by atoms with Crippen molar-refractivity contribution in [3.05, 3.63) is 11.1 Å². The van der Waals surface area contributed by atoms with E-state index in [1.807, 2.05) is 26.2 Å². The molecule has 3 N–H and O–H groups in total. The van der Waals surface area contributed by atoms with Gasteiger partial charge >= 0.3 is 6.03 Å². The van der Waals surface area contributed by atoms with Crippen LogP contribution in [0.1, 0.15) is 19.5 Å². The number of carbonyl (C=O) groups is 2. The summed E-state index contributed by atoms with van der Waals surface area (Å²) in [7, 11) is 0. The van der Waals surface area contributed by atoms with E-state index in [-0.39, 0.29) is 17.1 Å². The van der Waals surface area contributed by atoms with Crippen molar-refractivity contribution >= 4 is 35.0 Å². The van der Waals surface area contributed by atoms with Gasteiger partial charge in [0.2, 0.25) is 5.91 Å². The highest BCUT2D eigenvalue weighted by molar-refractivity contribution is 8.02. The second-order valence-electron chi connectivity index (χ2n) is 3.89. The summed E-state index contributed by atoms with van der Waals surface area (Å²) in [5.41, 5.74) is 5.86. The molecule has 17 heavy (non-hydrogen) atoms. The summed E-state index contributed by atoms with van der Waals surface area (Å²) in [4.78, 5) is 26.7. The molecule has 0 radical (unpaired) electrons. The molecular formula is C10H15N3O2S2. The first-order valence-corrected chi connectivity index (χ1v) is 6.85. The fourth-order valence-corrected chi connectivity index (χ4v) is 3.23. The third-order valence-corrected chi connectivity index (χ3v) is 4.57. The Morgan fingerprint density at radius 1 is 1.53 bits per heavy atom. The molecule has 0 bridgehead atoms. The van der Waals surface area contributed by atoms with E-state index < -0.39 is 6.03 Å². The molecule has 0 unspecified atom stereocenters. The van der Waals surface area contributed by atoms with Crippen LogP contribution in [0, 0.1) is 12.8 Å². The van der Waals surface area contributed by atoms with Crippen molar-refractivity contribution in [2.24, 2.45) is 11.7 Å². The van der Waals surface area contributed by atoms with Gasteiger partial charge in [0.05, 0.1) is 5.25 Å². The van der Waals surface area contributed by atoms with Crippen molar-refractivity contribution in [3.63, 3.8) is 0 Å². The standard InChI is InChI=1S/C10H15N3O2S2/c1-5(2)7(8(14)13-9(11)15)17-10-12-6(3)4-16-10/h4-5,7H,1-3H3,(H3,11,13,14,15)/t7-/m1/s1. The summed E-state index contributed by atoms with van der Waals surface area (Å²) in [6, 6.07) is -0.823. The minimum absolute atomic E-state index is 0.0866. The first-order valence-electron chi connectivity index (χ1n) is 5.09. The van der Waals surface area contributed by atoms with E-state index >= 15 is 0 Å². The molecule has 0 aromatic carbocycles. The van der Waals surface area contributed by atoms with Crippen LogP contribution in [0.3, 0.4) is 0 Å². The van der Waals surface area contributed by atoms with Crippen molar-refractivity contribution in [2.45, 2.75) is 30.4 Å². The van der Waals surface area contributed by atoms with Crippen LogP contribution in [0.15, 0.2) is 9.72 Å². The lowest BCUT2D eigenvalue weighted by Crippen LogP contribution is -2.42. The van der Waals surface area contributed by atoms with Gasteiger partial charge in [0.1, 0.15) is 0 Å². The van der Waals surface area contributed by atoms with Crippen LogP contribution < -0.4 is 11.1 Å². The van der Waals surface area contributed by atoms with Crippen molar-refractivity contribution in [1.82, 2.24) is 10.3 Å². The third-order valence-electron chi connectivity index (χ3n) is 1.94. The number of amides is 3. The Morgan fingerprint density at radius 2 is 2.18 bits per heavy atom. The average molecular weight is 273 g/mol. The zero-order valence-corrected chi connectivity index (χ0v) is 11.5. The van der Waals surface area contributed by atoms with Crippen LogP contribution in [0.2, 0.25) is 0 Å². The van der Waals surface area contributed by atoms with Gasteiger partial charge < -0.3 is 5.73 Å². The largest absolute Gasteiger partial charge is 0.351 e. The van der Waals surface area contributed by atoms with Crippen LogP contribution in [0.4, 0.5) is 4.79 Å². The van der Waals surface area contributed by atoms with Gasteiger partial charge in [0.25, 0.3) is 0 Å². The second-order valence-corrected chi connectivity index (χ2v) is 6.14. The third kappa shape index (κ3) is 4.35. The highest BCUT2D eigenvalue weighted by Gasteiger charge is 2.25. The van der Waals surface area contributed by atoms with Gasteiger partial charge in [-0.05, 0) is 12.8 Å². The summed E-state index contributed by atoms with van der Waals surface area (Å²) < 4.78 is 0.820. The number of primary amides is 1. The lowest BCUT2D eigenvalue weighted by Gasteiger charge is -2.17. The fraction of sp³-hybridized carbons (Fsp3) is 0.500. The molecule has 0 saturated carbocycles. The van der Waals surface area contributed by atoms with Crippen LogP contribution in [0.5, 0.6) is 0 Å². The molecule has 0 saturated heterocycles. The summed E-state index contributed by atoms with van der Waals surface area (Å²) in [6.07, 6.45) is 0. The summed E-state index contributed by atoms with van der Waals surface area (Å²) in [5.74, 6) is -0.283. The predicted octanol–water partition coefficient (Wildman–Crippen LogP) is 1.76. The number of hydrogen-bond donors (Lipinski definition) is 2. The molecule has 0 aliphatic rings. The number of aromatic nitrogens is 1. The Balaban J connectivity index is 2.73. The molecule has 0 fully saturated rings. The van der Waals surface area contributed by atoms with E-state index in [1.165, 1.54) is 23.1 Å². The number of thioether (sulfide) groups is 1. The van der Waals surface area contributed by atoms with E-state index in [4.69, 9.17) is 5.73 Å². The normalized spacial score (nSPS) is 12.5. The Hall–Kier alpha value is -1.08. The molecular weight excluding hydrogens is 258 g/mol. The molecule has 3 amide bonds. The highest BCUT2D eigenvalue weighted by atomic mass is 32.2. The van der Waals surface area contributed by atoms with E-state index in [0.717, 1.165) is 10.0 Å². The number of nitrogens with zero attached hydrogens (tertiary/aromatic N) is 1. The summed E-state index contributed by atoms with van der Waals surface area (Å²) in [6.45, 7) is 5.73. The van der Waals surface area contributed by atoms with E-state index in [1.54, 1.807) is 0 Å². The topological polar surface area (TPSA) is 85.1 Å². The molecule has 7 heteroatoms. The number of nitrogens with two attached hydrogens (primary N) is 1. The van der Waals surface area contributed by atoms with E-state index in [9.17, 15) is 9.59 Å². The number of rotatable bonds is 4. The van der Waals surface area contributed by atoms with Gasteiger partial charge in [0.15, 0.2) is 4.34 Å². The Labute approximate surface area is 108 Å². The van der Waals surface area contributed by atoms with Gasteiger partial charge in [-0.1, -0.05) is 25.6 Å². The second kappa shape index (κ2) is 6.02. The number of urea groups is 1. The van der Waals surface area contributed by atoms with Crippen LogP contribution in [-0.2, 0) is 4.79 Å². The van der Waals surface area contributed by atoms with Crippen molar-refractivity contribution in [2.75, 3.05) is 0 Å². The minimum Gasteiger partial charge on any atom is -0.351 e. The predicted molar refractivity (Wildman–Crippen MR) is 69.1 cm³/mol. The minimum atomic E-state index is -0.823. The molecule has 0 aliphatic heterocycles. The van der Waals surface area contributed by atoms with Crippen LogP contribution in [-0.4, -0.2) is 22.2 Å². The van der Waals surface area contributed by atoms with Crippen molar-refractivity contribution in [1.29, 1.82) is 0 Å². The first-order chi connectivity index (χ1) is 7.90. The molecule has 1 rings (SSSR count). The maximum Gasteiger partial charge on any atom is 0.318 e. The number of hydrogen-bond acceptors (Lipinski definition) is 5. The Bertz CT molecular complexity index is 417. The van der Waals surface area contributed by atoms with Crippen molar-refractivity contribution < 1.29 is 9.59 Å². The smallest absolute Gasteiger partial charge is 0.318 e. The summed E-state index contributed by atoms with van der Waals surface area (Å²) >= 11 is 2.84. The molecule has 1 atom stereocenters. The monoisotopic (exact) mass is 273 g/mol. The van der Waals surface area contributed by atoms with E-state index in [0.29, 0.717) is 0 Å². The number of aryl methyl sites for hydroxylation is 1. The highest BCUT2D eigenvalue weighted by Crippen LogP contribution is 2.30. The zero-order valence-electron chi connectivity index (χ0n) is 9.89. The number of nitrogens with one attached hydrogen (secondary N) is 1. The van der Waals surface area contributed by atoms with Gasteiger partial charge in [-0.25, -0.2) is 9.78 Å². The van der Waals surface area contributed by atoms with Crippen molar-refractivity contribution in [3.8, 4) is 0 Å². The molecule has 0 spiro atoms. The molecule has 94 valence electrons. The number of imide groups is 1. The maximum absolute atomic E-state index is 11.8. The van der Waals surface area contributed by atoms with Gasteiger partial charge in [-0.2, -0.15) is 0 Å². The Morgan fingerprint density at radius 3 is 2.59 bits per heavy atom. The Kier molecular flexibility index (Phi) is 4.95. The number of carbonyl (C=O) groups excluding carboxylic acids is 2. The maximum atomic E-state index is 11.8. The zero-order chi connectivity index (χ0) is 13.0. The van der Waals surface area contributed by atoms with Gasteiger partial charge in [-0.15, -0.1) is 11.3 Å². The lowest BCUT2D eigenvalue weighted by atomic mass is 10.1. The molecule has 0 aliphatic carbocycles. The quantitative estimate of drug-likeness (QED) is 0.819. The summed E-state index contributed by atoms with van der Waals surface area (Å²) in [5, 5.41) is 3.66. The molecule has 1 aromatic heterocycles.